The Kier molecular flexibility index (Phi) is 4.87. The highest BCUT2D eigenvalue weighted by atomic mass is 16.3. The Balaban J connectivity index is 2.23. The molecule has 0 amide bonds. The quantitative estimate of drug-likeness (QED) is 0.804. The summed E-state index contributed by atoms with van der Waals surface area (Å²) in [5.74, 6) is 0. The van der Waals surface area contributed by atoms with Gasteiger partial charge in [0.1, 0.15) is 0 Å². The molecule has 0 bridgehead atoms. The van der Waals surface area contributed by atoms with Gasteiger partial charge < -0.3 is 5.11 Å². The Morgan fingerprint density at radius 3 is 2.05 bits per heavy atom. The molecule has 0 aliphatic rings. The molecular formula is C21H26O. The Morgan fingerprint density at radius 2 is 1.50 bits per heavy atom. The van der Waals surface area contributed by atoms with E-state index >= 15 is 0 Å². The highest BCUT2D eigenvalue weighted by Crippen LogP contribution is 2.31. The molecule has 1 nitrogen and oxygen atoms in total. The van der Waals surface area contributed by atoms with Crippen molar-refractivity contribution in [2.75, 3.05) is 0 Å². The zero-order valence-corrected chi connectivity index (χ0v) is 14.3. The standard InChI is InChI=1S/C21H26O/c1-13-9-16(4)21(17(5)10-13)18(6)12-20(22)19-8-7-14(2)15(3)11-19/h7-11,20,22H,6,12H2,1-5H3. The molecule has 0 aromatic heterocycles. The van der Waals surface area contributed by atoms with Crippen LogP contribution < -0.4 is 0 Å². The minimum atomic E-state index is -0.507. The molecule has 0 heterocycles. The van der Waals surface area contributed by atoms with Crippen LogP contribution in [0.4, 0.5) is 0 Å². The van der Waals surface area contributed by atoms with Crippen LogP contribution in [-0.4, -0.2) is 5.11 Å². The Labute approximate surface area is 134 Å². The van der Waals surface area contributed by atoms with Crippen molar-refractivity contribution in [1.82, 2.24) is 0 Å². The lowest BCUT2D eigenvalue weighted by molar-refractivity contribution is 0.184. The van der Waals surface area contributed by atoms with Crippen LogP contribution in [0.1, 0.15) is 51.5 Å². The summed E-state index contributed by atoms with van der Waals surface area (Å²) in [6.07, 6.45) is 0.0552. The van der Waals surface area contributed by atoms with E-state index in [0.29, 0.717) is 6.42 Å². The normalized spacial score (nSPS) is 12.3. The van der Waals surface area contributed by atoms with Crippen molar-refractivity contribution in [3.8, 4) is 0 Å². The number of aliphatic hydroxyl groups excluding tert-OH is 1. The molecule has 1 heteroatoms. The van der Waals surface area contributed by atoms with E-state index in [2.05, 4.69) is 65.5 Å². The van der Waals surface area contributed by atoms with Crippen LogP contribution in [0.5, 0.6) is 0 Å². The number of aliphatic hydroxyl groups is 1. The largest absolute Gasteiger partial charge is 0.388 e. The fourth-order valence-corrected chi connectivity index (χ4v) is 3.16. The van der Waals surface area contributed by atoms with Gasteiger partial charge in [-0.1, -0.05) is 42.5 Å². The summed E-state index contributed by atoms with van der Waals surface area (Å²) in [4.78, 5) is 0. The van der Waals surface area contributed by atoms with Gasteiger partial charge in [-0.05, 0) is 73.6 Å². The van der Waals surface area contributed by atoms with Gasteiger partial charge in [0.05, 0.1) is 6.10 Å². The number of benzene rings is 2. The Hall–Kier alpha value is -1.86. The average molecular weight is 294 g/mol. The lowest BCUT2D eigenvalue weighted by Gasteiger charge is -2.18. The molecule has 0 aliphatic heterocycles. The van der Waals surface area contributed by atoms with Crippen LogP contribution in [0.2, 0.25) is 0 Å². The highest BCUT2D eigenvalue weighted by Gasteiger charge is 2.14. The summed E-state index contributed by atoms with van der Waals surface area (Å²) >= 11 is 0. The molecule has 0 fully saturated rings. The van der Waals surface area contributed by atoms with Crippen molar-refractivity contribution in [3.63, 3.8) is 0 Å². The van der Waals surface area contributed by atoms with Crippen molar-refractivity contribution in [2.24, 2.45) is 0 Å². The summed E-state index contributed by atoms with van der Waals surface area (Å²) in [6.45, 7) is 14.7. The summed E-state index contributed by atoms with van der Waals surface area (Å²) < 4.78 is 0. The van der Waals surface area contributed by atoms with Crippen molar-refractivity contribution < 1.29 is 5.11 Å². The molecule has 116 valence electrons. The highest BCUT2D eigenvalue weighted by molar-refractivity contribution is 5.70. The summed E-state index contributed by atoms with van der Waals surface area (Å²) in [7, 11) is 0. The van der Waals surface area contributed by atoms with Gasteiger partial charge in [0.2, 0.25) is 0 Å². The van der Waals surface area contributed by atoms with E-state index < -0.39 is 6.10 Å². The zero-order chi connectivity index (χ0) is 16.4. The van der Waals surface area contributed by atoms with E-state index in [1.54, 1.807) is 0 Å². The molecule has 2 rings (SSSR count). The second-order valence-corrected chi connectivity index (χ2v) is 6.44. The predicted molar refractivity (Wildman–Crippen MR) is 95.2 cm³/mol. The van der Waals surface area contributed by atoms with Crippen LogP contribution in [0.15, 0.2) is 36.9 Å². The molecule has 0 saturated heterocycles. The van der Waals surface area contributed by atoms with Gasteiger partial charge in [0.25, 0.3) is 0 Å². The first kappa shape index (κ1) is 16.5. The molecule has 1 unspecified atom stereocenters. The van der Waals surface area contributed by atoms with E-state index in [1.807, 2.05) is 6.07 Å². The van der Waals surface area contributed by atoms with Crippen molar-refractivity contribution >= 4 is 5.57 Å². The monoisotopic (exact) mass is 294 g/mol. The molecule has 1 atom stereocenters. The molecule has 0 saturated carbocycles. The fourth-order valence-electron chi connectivity index (χ4n) is 3.16. The third-order valence-electron chi connectivity index (χ3n) is 4.39. The smallest absolute Gasteiger partial charge is 0.0830 e. The lowest BCUT2D eigenvalue weighted by atomic mass is 9.90. The van der Waals surface area contributed by atoms with Gasteiger partial charge in [-0.2, -0.15) is 0 Å². The second kappa shape index (κ2) is 6.50. The molecule has 2 aromatic carbocycles. The zero-order valence-electron chi connectivity index (χ0n) is 14.3. The van der Waals surface area contributed by atoms with E-state index in [4.69, 9.17) is 0 Å². The third kappa shape index (κ3) is 3.48. The van der Waals surface area contributed by atoms with Gasteiger partial charge in [0, 0.05) is 6.42 Å². The fraction of sp³-hybridized carbons (Fsp3) is 0.333. The molecule has 0 spiro atoms. The molecule has 2 aromatic rings. The van der Waals surface area contributed by atoms with Gasteiger partial charge in [-0.15, -0.1) is 0 Å². The minimum absolute atomic E-state index is 0.507. The number of hydrogen-bond donors (Lipinski definition) is 1. The van der Waals surface area contributed by atoms with Crippen LogP contribution >= 0.6 is 0 Å². The van der Waals surface area contributed by atoms with Gasteiger partial charge >= 0.3 is 0 Å². The number of aryl methyl sites for hydroxylation is 5. The molecule has 0 radical (unpaired) electrons. The Bertz CT molecular complexity index is 687. The SMILES string of the molecule is C=C(CC(O)c1ccc(C)c(C)c1)c1c(C)cc(C)cc1C. The number of hydrogen-bond acceptors (Lipinski definition) is 1. The topological polar surface area (TPSA) is 20.2 Å². The molecular weight excluding hydrogens is 268 g/mol. The maximum Gasteiger partial charge on any atom is 0.0830 e. The maximum absolute atomic E-state index is 10.5. The summed E-state index contributed by atoms with van der Waals surface area (Å²) in [6, 6.07) is 10.5. The summed E-state index contributed by atoms with van der Waals surface area (Å²) in [5.41, 5.74) is 9.34. The van der Waals surface area contributed by atoms with E-state index in [1.165, 1.54) is 33.4 Å². The summed E-state index contributed by atoms with van der Waals surface area (Å²) in [5, 5.41) is 10.5. The predicted octanol–water partition coefficient (Wildman–Crippen LogP) is 5.37. The van der Waals surface area contributed by atoms with E-state index in [-0.39, 0.29) is 0 Å². The second-order valence-electron chi connectivity index (χ2n) is 6.44. The first-order chi connectivity index (χ1) is 10.3. The van der Waals surface area contributed by atoms with Crippen LogP contribution in [0, 0.1) is 34.6 Å². The third-order valence-corrected chi connectivity index (χ3v) is 4.39. The van der Waals surface area contributed by atoms with Crippen molar-refractivity contribution in [2.45, 2.75) is 47.1 Å². The van der Waals surface area contributed by atoms with Crippen molar-refractivity contribution in [1.29, 1.82) is 0 Å². The molecule has 1 N–H and O–H groups in total. The van der Waals surface area contributed by atoms with E-state index in [0.717, 1.165) is 11.1 Å². The van der Waals surface area contributed by atoms with Crippen LogP contribution in [-0.2, 0) is 0 Å². The Morgan fingerprint density at radius 1 is 0.909 bits per heavy atom. The van der Waals surface area contributed by atoms with Crippen molar-refractivity contribution in [3.05, 3.63) is 75.9 Å². The van der Waals surface area contributed by atoms with Crippen LogP contribution in [0.3, 0.4) is 0 Å². The van der Waals surface area contributed by atoms with Gasteiger partial charge in [-0.3, -0.25) is 0 Å². The number of rotatable bonds is 4. The molecule has 22 heavy (non-hydrogen) atoms. The lowest BCUT2D eigenvalue weighted by Crippen LogP contribution is -2.02. The van der Waals surface area contributed by atoms with Gasteiger partial charge in [0.15, 0.2) is 0 Å². The first-order valence-electron chi connectivity index (χ1n) is 7.80. The minimum Gasteiger partial charge on any atom is -0.388 e. The average Bonchev–Trinajstić information content (AvgIpc) is 2.40. The van der Waals surface area contributed by atoms with Crippen LogP contribution in [0.25, 0.3) is 5.57 Å². The first-order valence-corrected chi connectivity index (χ1v) is 7.80. The van der Waals surface area contributed by atoms with Gasteiger partial charge in [-0.25, -0.2) is 0 Å². The maximum atomic E-state index is 10.5. The molecule has 0 aliphatic carbocycles. The van der Waals surface area contributed by atoms with E-state index in [9.17, 15) is 5.11 Å².